The molecule has 2 saturated heterocycles. The zero-order chi connectivity index (χ0) is 31.7. The molecule has 1 aromatic carbocycles. The van der Waals surface area contributed by atoms with Crippen molar-refractivity contribution in [3.8, 4) is 5.75 Å². The van der Waals surface area contributed by atoms with Crippen molar-refractivity contribution in [1.29, 1.82) is 0 Å². The van der Waals surface area contributed by atoms with Crippen LogP contribution in [0.4, 0.5) is 5.69 Å². The third-order valence-corrected chi connectivity index (χ3v) is 7.76. The first-order chi connectivity index (χ1) is 20.5. The zero-order valence-electron chi connectivity index (χ0n) is 24.0. The summed E-state index contributed by atoms with van der Waals surface area (Å²) in [6.07, 6.45) is -9.20. The number of aliphatic hydroxyl groups excluding tert-OH is 6. The van der Waals surface area contributed by atoms with Crippen LogP contribution in [0, 0.1) is 5.92 Å². The second-order valence-electron chi connectivity index (χ2n) is 10.8. The first-order valence-electron chi connectivity index (χ1n) is 14.4. The van der Waals surface area contributed by atoms with Gasteiger partial charge in [-0.2, -0.15) is 0 Å². The Morgan fingerprint density at radius 3 is 2.28 bits per heavy atom. The number of anilines is 1. The Hall–Kier alpha value is -2.64. The quantitative estimate of drug-likeness (QED) is 0.0534. The molecule has 0 saturated carbocycles. The van der Waals surface area contributed by atoms with Gasteiger partial charge in [-0.15, -0.1) is 0 Å². The molecule has 0 aliphatic carbocycles. The van der Waals surface area contributed by atoms with Crippen molar-refractivity contribution in [1.82, 2.24) is 10.6 Å². The molecule has 0 spiro atoms. The predicted octanol–water partition coefficient (Wildman–Crippen LogP) is -4.55. The van der Waals surface area contributed by atoms with E-state index in [0.29, 0.717) is 31.5 Å². The maximum absolute atomic E-state index is 12.7. The fourth-order valence-electron chi connectivity index (χ4n) is 5.19. The summed E-state index contributed by atoms with van der Waals surface area (Å²) in [5.41, 5.74) is 6.11. The minimum absolute atomic E-state index is 0.0964. The van der Waals surface area contributed by atoms with Gasteiger partial charge in [-0.05, 0) is 31.0 Å². The molecule has 16 heteroatoms. The number of carbonyl (C=O) groups is 2. The van der Waals surface area contributed by atoms with Gasteiger partial charge in [0.05, 0.1) is 37.8 Å². The first kappa shape index (κ1) is 34.8. The largest absolute Gasteiger partial charge is 0.507 e. The third-order valence-electron chi connectivity index (χ3n) is 7.76. The normalized spacial score (nSPS) is 32.7. The Balaban J connectivity index is 1.40. The topological polar surface area (TPSA) is 270 Å². The summed E-state index contributed by atoms with van der Waals surface area (Å²) in [6.45, 7) is -0.216. The van der Waals surface area contributed by atoms with Crippen molar-refractivity contribution in [2.24, 2.45) is 5.92 Å². The predicted molar refractivity (Wildman–Crippen MR) is 148 cm³/mol. The molecule has 3 rings (SSSR count). The van der Waals surface area contributed by atoms with Crippen molar-refractivity contribution in [3.63, 3.8) is 0 Å². The van der Waals surface area contributed by atoms with E-state index >= 15 is 0 Å². The Morgan fingerprint density at radius 1 is 0.953 bits per heavy atom. The van der Waals surface area contributed by atoms with E-state index in [-0.39, 0.29) is 24.5 Å². The summed E-state index contributed by atoms with van der Waals surface area (Å²) < 4.78 is 16.3. The lowest BCUT2D eigenvalue weighted by molar-refractivity contribution is -0.694. The number of nitrogens with two attached hydrogens (primary N) is 2. The van der Waals surface area contributed by atoms with Crippen molar-refractivity contribution >= 4 is 17.5 Å². The van der Waals surface area contributed by atoms with Crippen molar-refractivity contribution in [3.05, 3.63) is 23.8 Å². The van der Waals surface area contributed by atoms with Crippen molar-refractivity contribution in [2.45, 2.75) is 80.9 Å². The van der Waals surface area contributed by atoms with Gasteiger partial charge in [0.1, 0.15) is 36.2 Å². The van der Waals surface area contributed by atoms with E-state index in [0.717, 1.165) is 6.42 Å². The number of hydrogen-bond acceptors (Lipinski definition) is 13. The van der Waals surface area contributed by atoms with Gasteiger partial charge in [-0.1, -0.05) is 12.8 Å². The summed E-state index contributed by atoms with van der Waals surface area (Å²) in [7, 11) is 1.65. The van der Waals surface area contributed by atoms with E-state index in [4.69, 9.17) is 19.9 Å². The smallest absolute Gasteiger partial charge is 0.255 e. The number of ether oxygens (including phenoxy) is 3. The molecule has 2 fully saturated rings. The monoisotopic (exact) mass is 617 g/mol. The number of likely N-dealkylation sites (N-methyl/N-ethyl adjacent to an activating group) is 1. The lowest BCUT2D eigenvalue weighted by Gasteiger charge is -2.42. The van der Waals surface area contributed by atoms with E-state index in [1.807, 2.05) is 0 Å². The van der Waals surface area contributed by atoms with E-state index in [1.54, 1.807) is 12.4 Å². The van der Waals surface area contributed by atoms with Gasteiger partial charge in [0.15, 0.2) is 12.4 Å². The van der Waals surface area contributed by atoms with Crippen LogP contribution in [-0.4, -0.2) is 136 Å². The molecule has 2 amide bonds. The lowest BCUT2D eigenvalue weighted by Crippen LogP contribution is -2.93. The molecule has 1 aromatic rings. The number of nitrogen functional groups attached to an aromatic ring is 1. The Bertz CT molecular complexity index is 1050. The van der Waals surface area contributed by atoms with E-state index in [2.05, 4.69) is 10.6 Å². The Morgan fingerprint density at radius 2 is 1.63 bits per heavy atom. The maximum atomic E-state index is 12.7. The van der Waals surface area contributed by atoms with Crippen LogP contribution >= 0.6 is 0 Å². The fraction of sp³-hybridized carbons (Fsp3) is 0.704. The Kier molecular flexibility index (Phi) is 13.3. The van der Waals surface area contributed by atoms with Crippen molar-refractivity contribution < 1.29 is 64.9 Å². The number of quaternary nitrogens is 1. The van der Waals surface area contributed by atoms with Gasteiger partial charge >= 0.3 is 0 Å². The highest BCUT2D eigenvalue weighted by molar-refractivity contribution is 5.97. The SMILES string of the molecule is C[NH2+]C1[C@H](O)OC(CO)[C@H](O)[C@H]1CO[C@@H]1OC(C(=O)NCCCCCCNC(=O)c2cc(N)ccc2O)[C@@H](O)[C@@H](O)C1O. The van der Waals surface area contributed by atoms with Crippen LogP contribution in [0.1, 0.15) is 36.0 Å². The molecule has 16 nitrogen and oxygen atoms in total. The van der Waals surface area contributed by atoms with E-state index in [9.17, 15) is 45.3 Å². The van der Waals surface area contributed by atoms with Crippen LogP contribution in [0.3, 0.4) is 0 Å². The summed E-state index contributed by atoms with van der Waals surface area (Å²) in [5.74, 6) is -2.08. The second-order valence-corrected chi connectivity index (χ2v) is 10.8. The number of rotatable bonds is 14. The molecular formula is C27H45N4O12+. The number of aliphatic hydroxyl groups is 6. The molecule has 2 heterocycles. The zero-order valence-corrected chi connectivity index (χ0v) is 24.0. The average Bonchev–Trinajstić information content (AvgIpc) is 2.99. The summed E-state index contributed by atoms with van der Waals surface area (Å²) in [4.78, 5) is 24.9. The number of phenols is 1. The third kappa shape index (κ3) is 8.95. The van der Waals surface area contributed by atoms with Gasteiger partial charge in [0.2, 0.25) is 6.29 Å². The first-order valence-corrected chi connectivity index (χ1v) is 14.4. The molecule has 2 aliphatic heterocycles. The molecule has 0 radical (unpaired) electrons. The number of aromatic hydroxyl groups is 1. The highest BCUT2D eigenvalue weighted by atomic mass is 16.7. The van der Waals surface area contributed by atoms with Gasteiger partial charge in [-0.3, -0.25) is 9.59 Å². The number of unbranched alkanes of at least 4 members (excludes halogenated alkanes) is 3. The van der Waals surface area contributed by atoms with E-state index < -0.39 is 79.6 Å². The minimum Gasteiger partial charge on any atom is -0.507 e. The molecule has 10 atom stereocenters. The minimum atomic E-state index is -1.76. The number of nitrogens with one attached hydrogen (secondary N) is 2. The van der Waals surface area contributed by atoms with Crippen LogP contribution in [0.2, 0.25) is 0 Å². The highest BCUT2D eigenvalue weighted by Gasteiger charge is 2.50. The lowest BCUT2D eigenvalue weighted by atomic mass is 9.88. The number of benzene rings is 1. The number of carbonyl (C=O) groups excluding carboxylic acids is 2. The molecule has 0 bridgehead atoms. The summed E-state index contributed by atoms with van der Waals surface area (Å²) >= 11 is 0. The standard InChI is InChI=1S/C27H44N4O12/c1-29-18-15(19(34)17(11-32)42-26(18)40)12-41-27-22(37)20(35)21(36)23(43-27)25(39)31-9-5-3-2-4-8-30-24(38)14-10-13(28)6-7-16(14)33/h6-7,10,15,17-23,26-27,29,32-37,40H,2-5,8-9,11-12,28H2,1H3,(H,30,38)(H,31,39)/p+1/t15-,17?,18?,19+,20+,21-,22?,23?,26+,27+/m0/s1. The molecular weight excluding hydrogens is 572 g/mol. The van der Waals surface area contributed by atoms with E-state index in [1.165, 1.54) is 18.2 Å². The molecule has 0 aromatic heterocycles. The number of phenolic OH excluding ortho intramolecular Hbond substituents is 1. The molecule has 13 N–H and O–H groups in total. The van der Waals surface area contributed by atoms with Gasteiger partial charge in [0, 0.05) is 18.8 Å². The Labute approximate surface area is 248 Å². The van der Waals surface area contributed by atoms with Crippen molar-refractivity contribution in [2.75, 3.05) is 39.1 Å². The molecule has 2 aliphatic rings. The average molecular weight is 618 g/mol. The number of hydrogen-bond donors (Lipinski definition) is 11. The van der Waals surface area contributed by atoms with Crippen LogP contribution in [-0.2, 0) is 19.0 Å². The molecule has 43 heavy (non-hydrogen) atoms. The highest BCUT2D eigenvalue weighted by Crippen LogP contribution is 2.27. The fourth-order valence-corrected chi connectivity index (χ4v) is 5.19. The van der Waals surface area contributed by atoms with Gasteiger partial charge in [0.25, 0.3) is 11.8 Å². The maximum Gasteiger partial charge on any atom is 0.255 e. The molecule has 4 unspecified atom stereocenters. The number of amides is 2. The van der Waals surface area contributed by atoms with Crippen LogP contribution < -0.4 is 21.7 Å². The van der Waals surface area contributed by atoms with Gasteiger partial charge < -0.3 is 71.6 Å². The van der Waals surface area contributed by atoms with Crippen LogP contribution in [0.5, 0.6) is 5.75 Å². The summed E-state index contributed by atoms with van der Waals surface area (Å²) in [5, 5.41) is 78.1. The summed E-state index contributed by atoms with van der Waals surface area (Å²) in [6, 6.07) is 3.56. The molecule has 244 valence electrons. The van der Waals surface area contributed by atoms with Crippen LogP contribution in [0.15, 0.2) is 18.2 Å². The van der Waals surface area contributed by atoms with Gasteiger partial charge in [-0.25, -0.2) is 0 Å². The second kappa shape index (κ2) is 16.4. The van der Waals surface area contributed by atoms with Crippen LogP contribution in [0.25, 0.3) is 0 Å².